The van der Waals surface area contributed by atoms with Gasteiger partial charge in [0.25, 0.3) is 5.56 Å². The number of benzene rings is 1. The third kappa shape index (κ3) is 3.71. The maximum Gasteiger partial charge on any atom is 0.250 e. The van der Waals surface area contributed by atoms with Crippen LogP contribution in [0.3, 0.4) is 0 Å². The van der Waals surface area contributed by atoms with E-state index >= 15 is 0 Å². The predicted molar refractivity (Wildman–Crippen MR) is 103 cm³/mol. The van der Waals surface area contributed by atoms with Crippen LogP contribution in [0.4, 0.5) is 0 Å². The van der Waals surface area contributed by atoms with Crippen LogP contribution >= 0.6 is 0 Å². The summed E-state index contributed by atoms with van der Waals surface area (Å²) in [7, 11) is 1.68. The molecular weight excluding hydrogens is 340 g/mol. The fourth-order valence-electron chi connectivity index (χ4n) is 3.71. The van der Waals surface area contributed by atoms with Crippen LogP contribution in [0.15, 0.2) is 47.4 Å². The first-order chi connectivity index (χ1) is 13.3. The smallest absolute Gasteiger partial charge is 0.250 e. The van der Waals surface area contributed by atoms with E-state index in [1.54, 1.807) is 23.8 Å². The minimum absolute atomic E-state index is 0.00349. The molecule has 0 saturated carbocycles. The highest BCUT2D eigenvalue weighted by molar-refractivity contribution is 5.48. The Morgan fingerprint density at radius 1 is 1.11 bits per heavy atom. The summed E-state index contributed by atoms with van der Waals surface area (Å²) in [5.74, 6) is 1.67. The normalized spacial score (nSPS) is 13.1. The number of methoxy groups -OCH3 is 1. The number of aromatic nitrogens is 4. The van der Waals surface area contributed by atoms with Crippen molar-refractivity contribution in [2.75, 3.05) is 13.7 Å². The highest BCUT2D eigenvalue weighted by Gasteiger charge is 2.19. The Morgan fingerprint density at radius 3 is 2.89 bits per heavy atom. The molecule has 0 N–H and O–H groups in total. The Balaban J connectivity index is 1.68. The Bertz CT molecular complexity index is 990. The lowest BCUT2D eigenvalue weighted by Gasteiger charge is -2.11. The van der Waals surface area contributed by atoms with E-state index < -0.39 is 0 Å². The molecule has 1 aliphatic carbocycles. The summed E-state index contributed by atoms with van der Waals surface area (Å²) in [5, 5.41) is 4.77. The van der Waals surface area contributed by atoms with Crippen LogP contribution in [0.5, 0.6) is 0 Å². The molecule has 4 rings (SSSR count). The molecule has 0 atom stereocenters. The van der Waals surface area contributed by atoms with E-state index in [9.17, 15) is 4.79 Å². The van der Waals surface area contributed by atoms with E-state index in [1.807, 2.05) is 16.9 Å². The second-order valence-electron chi connectivity index (χ2n) is 6.85. The van der Waals surface area contributed by atoms with Gasteiger partial charge < -0.3 is 9.30 Å². The zero-order valence-corrected chi connectivity index (χ0v) is 15.6. The van der Waals surface area contributed by atoms with Gasteiger partial charge in [0.15, 0.2) is 5.82 Å². The van der Waals surface area contributed by atoms with Gasteiger partial charge in [0, 0.05) is 38.8 Å². The molecule has 1 aliphatic rings. The molecule has 0 amide bonds. The van der Waals surface area contributed by atoms with Gasteiger partial charge in [0.05, 0.1) is 12.3 Å². The van der Waals surface area contributed by atoms with E-state index in [2.05, 4.69) is 18.2 Å². The highest BCUT2D eigenvalue weighted by atomic mass is 16.5. The van der Waals surface area contributed by atoms with Gasteiger partial charge in [-0.25, -0.2) is 9.67 Å². The second-order valence-corrected chi connectivity index (χ2v) is 6.85. The largest absolute Gasteiger partial charge is 0.384 e. The van der Waals surface area contributed by atoms with Crippen molar-refractivity contribution in [1.29, 1.82) is 0 Å². The number of rotatable bonds is 7. The van der Waals surface area contributed by atoms with Gasteiger partial charge in [-0.3, -0.25) is 4.79 Å². The summed E-state index contributed by atoms with van der Waals surface area (Å²) < 4.78 is 8.87. The summed E-state index contributed by atoms with van der Waals surface area (Å²) in [6.45, 7) is 1.17. The fourth-order valence-corrected chi connectivity index (χ4v) is 3.71. The van der Waals surface area contributed by atoms with Gasteiger partial charge in [-0.05, 0) is 42.5 Å². The summed E-state index contributed by atoms with van der Waals surface area (Å²) >= 11 is 0. The van der Waals surface area contributed by atoms with E-state index in [0.29, 0.717) is 26.0 Å². The second kappa shape index (κ2) is 7.88. The Labute approximate surface area is 158 Å². The number of hydrogen-bond acceptors (Lipinski definition) is 4. The minimum atomic E-state index is 0.00349. The molecule has 6 nitrogen and oxygen atoms in total. The van der Waals surface area contributed by atoms with E-state index in [0.717, 1.165) is 30.2 Å². The SMILES string of the molecule is COCCc1nc(CCn2ccccc2=O)n(-c2cccc3c2CCC3)n1. The molecule has 140 valence electrons. The molecule has 0 spiro atoms. The van der Waals surface area contributed by atoms with Crippen molar-refractivity contribution in [3.8, 4) is 5.69 Å². The number of nitrogens with zero attached hydrogens (tertiary/aromatic N) is 4. The first-order valence-corrected chi connectivity index (χ1v) is 9.46. The molecule has 0 radical (unpaired) electrons. The lowest BCUT2D eigenvalue weighted by molar-refractivity contribution is 0.200. The average molecular weight is 364 g/mol. The minimum Gasteiger partial charge on any atom is -0.384 e. The predicted octanol–water partition coefficient (Wildman–Crippen LogP) is 2.35. The maximum absolute atomic E-state index is 12.0. The van der Waals surface area contributed by atoms with Crippen molar-refractivity contribution in [2.24, 2.45) is 0 Å². The molecule has 0 bridgehead atoms. The van der Waals surface area contributed by atoms with Crippen molar-refractivity contribution >= 4 is 0 Å². The summed E-state index contributed by atoms with van der Waals surface area (Å²) in [6.07, 6.45) is 6.53. The number of ether oxygens (including phenoxy) is 1. The topological polar surface area (TPSA) is 61.9 Å². The summed E-state index contributed by atoms with van der Waals surface area (Å²) in [6, 6.07) is 11.6. The standard InChI is InChI=1S/C21H24N4O2/c1-27-15-12-19-22-20(11-14-24-13-3-2-10-21(24)26)25(23-19)18-9-5-7-16-6-4-8-17(16)18/h2-3,5,7,9-10,13H,4,6,8,11-12,14-15H2,1H3. The molecule has 6 heteroatoms. The fraction of sp³-hybridized carbons (Fsp3) is 0.381. The average Bonchev–Trinajstić information content (AvgIpc) is 3.32. The van der Waals surface area contributed by atoms with Crippen LogP contribution in [0.2, 0.25) is 0 Å². The van der Waals surface area contributed by atoms with Crippen LogP contribution in [0.1, 0.15) is 29.2 Å². The van der Waals surface area contributed by atoms with Crippen LogP contribution < -0.4 is 5.56 Å². The lowest BCUT2D eigenvalue weighted by Crippen LogP contribution is -2.20. The van der Waals surface area contributed by atoms with E-state index in [4.69, 9.17) is 14.8 Å². The van der Waals surface area contributed by atoms with Gasteiger partial charge in [-0.15, -0.1) is 0 Å². The first kappa shape index (κ1) is 17.7. The van der Waals surface area contributed by atoms with Crippen LogP contribution in [0.25, 0.3) is 5.69 Å². The quantitative estimate of drug-likeness (QED) is 0.646. The van der Waals surface area contributed by atoms with Gasteiger partial charge >= 0.3 is 0 Å². The molecule has 0 aliphatic heterocycles. The van der Waals surface area contributed by atoms with E-state index in [-0.39, 0.29) is 5.56 Å². The Kier molecular flexibility index (Phi) is 5.16. The molecule has 3 aromatic rings. The van der Waals surface area contributed by atoms with Crippen LogP contribution in [-0.4, -0.2) is 33.0 Å². The van der Waals surface area contributed by atoms with Crippen molar-refractivity contribution in [1.82, 2.24) is 19.3 Å². The van der Waals surface area contributed by atoms with Crippen LogP contribution in [-0.2, 0) is 37.0 Å². The van der Waals surface area contributed by atoms with Crippen LogP contribution in [0, 0.1) is 0 Å². The Morgan fingerprint density at radius 2 is 2.04 bits per heavy atom. The Hall–Kier alpha value is -2.73. The van der Waals surface area contributed by atoms with Crippen molar-refractivity contribution < 1.29 is 4.74 Å². The van der Waals surface area contributed by atoms with Gasteiger partial charge in [0.2, 0.25) is 0 Å². The molecule has 1 aromatic carbocycles. The van der Waals surface area contributed by atoms with Gasteiger partial charge in [-0.1, -0.05) is 18.2 Å². The number of fused-ring (bicyclic) bond motifs is 1. The van der Waals surface area contributed by atoms with Gasteiger partial charge in [-0.2, -0.15) is 5.10 Å². The summed E-state index contributed by atoms with van der Waals surface area (Å²) in [5.41, 5.74) is 3.91. The monoisotopic (exact) mass is 364 g/mol. The maximum atomic E-state index is 12.0. The van der Waals surface area contributed by atoms with Crippen molar-refractivity contribution in [2.45, 2.75) is 38.6 Å². The zero-order chi connectivity index (χ0) is 18.6. The number of pyridine rings is 1. The molecule has 2 heterocycles. The lowest BCUT2D eigenvalue weighted by atomic mass is 10.1. The molecule has 0 unspecified atom stereocenters. The molecule has 0 fully saturated rings. The summed E-state index contributed by atoms with van der Waals surface area (Å²) in [4.78, 5) is 16.7. The number of aryl methyl sites for hydroxylation is 3. The van der Waals surface area contributed by atoms with Crippen molar-refractivity contribution in [3.63, 3.8) is 0 Å². The van der Waals surface area contributed by atoms with E-state index in [1.165, 1.54) is 17.5 Å². The molecule has 0 saturated heterocycles. The molecular formula is C21H24N4O2. The highest BCUT2D eigenvalue weighted by Crippen LogP contribution is 2.28. The first-order valence-electron chi connectivity index (χ1n) is 9.46. The molecule has 2 aromatic heterocycles. The zero-order valence-electron chi connectivity index (χ0n) is 15.6. The molecule has 27 heavy (non-hydrogen) atoms. The third-order valence-corrected chi connectivity index (χ3v) is 5.07. The van der Waals surface area contributed by atoms with Gasteiger partial charge in [0.1, 0.15) is 5.82 Å². The van der Waals surface area contributed by atoms with Crippen molar-refractivity contribution in [3.05, 3.63) is 75.7 Å². The number of hydrogen-bond donors (Lipinski definition) is 0. The third-order valence-electron chi connectivity index (χ3n) is 5.07.